The van der Waals surface area contributed by atoms with Gasteiger partial charge in [0, 0.05) is 30.9 Å². The molecule has 0 radical (unpaired) electrons. The average Bonchev–Trinajstić information content (AvgIpc) is 2.74. The molecule has 17 heavy (non-hydrogen) atoms. The SMILES string of the molecule is CCc1ccc(N(C)C)c(-c2cn[nH]c2N)c1. The minimum atomic E-state index is 0.612. The first kappa shape index (κ1) is 11.5. The molecular formula is C13H18N4. The van der Waals surface area contributed by atoms with E-state index in [1.165, 1.54) is 5.56 Å². The monoisotopic (exact) mass is 230 g/mol. The normalized spacial score (nSPS) is 10.5. The summed E-state index contributed by atoms with van der Waals surface area (Å²) < 4.78 is 0. The molecule has 0 aliphatic rings. The maximum Gasteiger partial charge on any atom is 0.126 e. The molecule has 0 spiro atoms. The van der Waals surface area contributed by atoms with Gasteiger partial charge in [-0.3, -0.25) is 5.10 Å². The lowest BCUT2D eigenvalue weighted by Crippen LogP contribution is -2.10. The Hall–Kier alpha value is -1.97. The third-order valence-corrected chi connectivity index (χ3v) is 2.91. The average molecular weight is 230 g/mol. The van der Waals surface area contributed by atoms with E-state index in [1.807, 2.05) is 14.1 Å². The molecule has 0 saturated heterocycles. The maximum atomic E-state index is 5.90. The Morgan fingerprint density at radius 2 is 2.06 bits per heavy atom. The summed E-state index contributed by atoms with van der Waals surface area (Å²) in [7, 11) is 4.06. The smallest absolute Gasteiger partial charge is 0.126 e. The quantitative estimate of drug-likeness (QED) is 0.850. The van der Waals surface area contributed by atoms with E-state index in [9.17, 15) is 0 Å². The van der Waals surface area contributed by atoms with Gasteiger partial charge in [-0.1, -0.05) is 13.0 Å². The number of aryl methyl sites for hydroxylation is 1. The fourth-order valence-electron chi connectivity index (χ4n) is 1.92. The first-order valence-corrected chi connectivity index (χ1v) is 5.73. The molecule has 4 heteroatoms. The van der Waals surface area contributed by atoms with Crippen molar-refractivity contribution in [1.29, 1.82) is 0 Å². The van der Waals surface area contributed by atoms with Crippen LogP contribution < -0.4 is 10.6 Å². The Kier molecular flexibility index (Phi) is 3.04. The zero-order chi connectivity index (χ0) is 12.4. The summed E-state index contributed by atoms with van der Waals surface area (Å²) in [5, 5.41) is 6.77. The van der Waals surface area contributed by atoms with E-state index >= 15 is 0 Å². The lowest BCUT2D eigenvalue weighted by molar-refractivity contribution is 1.10. The van der Waals surface area contributed by atoms with E-state index in [1.54, 1.807) is 6.20 Å². The molecule has 0 aliphatic heterocycles. The number of aromatic nitrogens is 2. The van der Waals surface area contributed by atoms with Gasteiger partial charge in [-0.15, -0.1) is 0 Å². The Morgan fingerprint density at radius 1 is 1.29 bits per heavy atom. The predicted octanol–water partition coefficient (Wildman–Crippen LogP) is 2.29. The molecule has 0 saturated carbocycles. The molecule has 1 aromatic carbocycles. The number of H-pyrrole nitrogens is 1. The fourth-order valence-corrected chi connectivity index (χ4v) is 1.92. The molecule has 90 valence electrons. The molecule has 1 heterocycles. The molecule has 0 fully saturated rings. The Bertz CT molecular complexity index is 514. The van der Waals surface area contributed by atoms with Gasteiger partial charge in [0.05, 0.1) is 6.20 Å². The summed E-state index contributed by atoms with van der Waals surface area (Å²) >= 11 is 0. The van der Waals surface area contributed by atoms with Crippen molar-refractivity contribution in [2.24, 2.45) is 0 Å². The number of nitrogen functional groups attached to an aromatic ring is 1. The van der Waals surface area contributed by atoms with Crippen LogP contribution in [0.2, 0.25) is 0 Å². The van der Waals surface area contributed by atoms with Crippen molar-refractivity contribution in [2.75, 3.05) is 24.7 Å². The Labute approximate surface area is 101 Å². The molecule has 0 unspecified atom stereocenters. The summed E-state index contributed by atoms with van der Waals surface area (Å²) in [6.45, 7) is 2.15. The molecule has 1 aromatic heterocycles. The van der Waals surface area contributed by atoms with Gasteiger partial charge in [0.25, 0.3) is 0 Å². The van der Waals surface area contributed by atoms with E-state index in [4.69, 9.17) is 5.73 Å². The van der Waals surface area contributed by atoms with Crippen LogP contribution >= 0.6 is 0 Å². The van der Waals surface area contributed by atoms with Crippen LogP contribution in [-0.2, 0) is 6.42 Å². The Morgan fingerprint density at radius 3 is 2.59 bits per heavy atom. The zero-order valence-corrected chi connectivity index (χ0v) is 10.5. The summed E-state index contributed by atoms with van der Waals surface area (Å²) in [6, 6.07) is 6.45. The molecular weight excluding hydrogens is 212 g/mol. The van der Waals surface area contributed by atoms with Crippen LogP contribution in [0.1, 0.15) is 12.5 Å². The fraction of sp³-hybridized carbons (Fsp3) is 0.308. The van der Waals surface area contributed by atoms with Gasteiger partial charge in [0.2, 0.25) is 0 Å². The molecule has 0 amide bonds. The van der Waals surface area contributed by atoms with Crippen molar-refractivity contribution in [2.45, 2.75) is 13.3 Å². The lowest BCUT2D eigenvalue weighted by Gasteiger charge is -2.18. The maximum absolute atomic E-state index is 5.90. The number of aromatic amines is 1. The Balaban J connectivity index is 2.61. The molecule has 0 aliphatic carbocycles. The van der Waals surface area contributed by atoms with E-state index in [0.29, 0.717) is 5.82 Å². The van der Waals surface area contributed by atoms with Crippen molar-refractivity contribution < 1.29 is 0 Å². The van der Waals surface area contributed by atoms with E-state index < -0.39 is 0 Å². The topological polar surface area (TPSA) is 57.9 Å². The van der Waals surface area contributed by atoms with Gasteiger partial charge >= 0.3 is 0 Å². The molecule has 3 N–H and O–H groups in total. The summed E-state index contributed by atoms with van der Waals surface area (Å²) in [6.07, 6.45) is 2.79. The molecule has 0 atom stereocenters. The van der Waals surface area contributed by atoms with E-state index in [-0.39, 0.29) is 0 Å². The highest BCUT2D eigenvalue weighted by Crippen LogP contribution is 2.33. The molecule has 4 nitrogen and oxygen atoms in total. The van der Waals surface area contributed by atoms with Gasteiger partial charge < -0.3 is 10.6 Å². The second-order valence-corrected chi connectivity index (χ2v) is 4.30. The van der Waals surface area contributed by atoms with Crippen LogP contribution in [-0.4, -0.2) is 24.3 Å². The summed E-state index contributed by atoms with van der Waals surface area (Å²) in [4.78, 5) is 2.08. The summed E-state index contributed by atoms with van der Waals surface area (Å²) in [5.74, 6) is 0.612. The van der Waals surface area contributed by atoms with Crippen molar-refractivity contribution in [3.05, 3.63) is 30.0 Å². The third kappa shape index (κ3) is 2.11. The number of hydrogen-bond donors (Lipinski definition) is 2. The number of nitrogens with zero attached hydrogens (tertiary/aromatic N) is 2. The standard InChI is InChI=1S/C13H18N4/c1-4-9-5-6-12(17(2)3)10(7-9)11-8-15-16-13(11)14/h5-8H,4H2,1-3H3,(H3,14,15,16). The number of hydrogen-bond acceptors (Lipinski definition) is 3. The van der Waals surface area contributed by atoms with Crippen LogP contribution in [0.3, 0.4) is 0 Å². The predicted molar refractivity (Wildman–Crippen MR) is 72.1 cm³/mol. The van der Waals surface area contributed by atoms with Crippen molar-refractivity contribution in [3.8, 4) is 11.1 Å². The van der Waals surface area contributed by atoms with Crippen molar-refractivity contribution >= 4 is 11.5 Å². The highest BCUT2D eigenvalue weighted by Gasteiger charge is 2.11. The largest absolute Gasteiger partial charge is 0.384 e. The minimum absolute atomic E-state index is 0.612. The van der Waals surface area contributed by atoms with Gasteiger partial charge in [-0.25, -0.2) is 0 Å². The second kappa shape index (κ2) is 4.49. The van der Waals surface area contributed by atoms with Crippen LogP contribution in [0.15, 0.2) is 24.4 Å². The molecule has 0 bridgehead atoms. The highest BCUT2D eigenvalue weighted by atomic mass is 15.1. The van der Waals surface area contributed by atoms with Crippen LogP contribution in [0.5, 0.6) is 0 Å². The molecule has 2 aromatic rings. The van der Waals surface area contributed by atoms with Gasteiger partial charge in [0.15, 0.2) is 0 Å². The van der Waals surface area contributed by atoms with Crippen molar-refractivity contribution in [3.63, 3.8) is 0 Å². The number of anilines is 2. The lowest BCUT2D eigenvalue weighted by atomic mass is 10.0. The van der Waals surface area contributed by atoms with E-state index in [0.717, 1.165) is 23.2 Å². The number of rotatable bonds is 3. The molecule has 2 rings (SSSR count). The van der Waals surface area contributed by atoms with Gasteiger partial charge in [-0.05, 0) is 24.1 Å². The first-order chi connectivity index (χ1) is 8.13. The van der Waals surface area contributed by atoms with Crippen LogP contribution in [0, 0.1) is 0 Å². The third-order valence-electron chi connectivity index (χ3n) is 2.91. The van der Waals surface area contributed by atoms with Gasteiger partial charge in [0.1, 0.15) is 5.82 Å². The first-order valence-electron chi connectivity index (χ1n) is 5.73. The summed E-state index contributed by atoms with van der Waals surface area (Å²) in [5.41, 5.74) is 10.4. The number of benzene rings is 1. The highest BCUT2D eigenvalue weighted by molar-refractivity contribution is 5.84. The van der Waals surface area contributed by atoms with Crippen molar-refractivity contribution in [1.82, 2.24) is 10.2 Å². The van der Waals surface area contributed by atoms with Crippen LogP contribution in [0.4, 0.5) is 11.5 Å². The van der Waals surface area contributed by atoms with Crippen LogP contribution in [0.25, 0.3) is 11.1 Å². The van der Waals surface area contributed by atoms with Gasteiger partial charge in [-0.2, -0.15) is 5.10 Å². The minimum Gasteiger partial charge on any atom is -0.384 e. The zero-order valence-electron chi connectivity index (χ0n) is 10.5. The van der Waals surface area contributed by atoms with E-state index in [2.05, 4.69) is 40.2 Å². The number of nitrogens with one attached hydrogen (secondary N) is 1. The number of nitrogens with two attached hydrogens (primary N) is 1. The second-order valence-electron chi connectivity index (χ2n) is 4.30.